The van der Waals surface area contributed by atoms with Crippen LogP contribution in [0.15, 0.2) is 52.0 Å². The fraction of sp³-hybridized carbons (Fsp3) is 0.0625. The van der Waals surface area contributed by atoms with Crippen LogP contribution in [0.1, 0.15) is 5.56 Å². The first-order valence-electron chi connectivity index (χ1n) is 6.69. The summed E-state index contributed by atoms with van der Waals surface area (Å²) in [5.41, 5.74) is 1.83. The van der Waals surface area contributed by atoms with E-state index < -0.39 is 17.0 Å². The molecule has 0 aliphatic carbocycles. The third kappa shape index (κ3) is 4.57. The molecule has 2 amide bonds. The van der Waals surface area contributed by atoms with Crippen LogP contribution >= 0.6 is 11.6 Å². The Bertz CT molecular complexity index is 880. The zero-order valence-corrected chi connectivity index (χ0v) is 17.9. The maximum absolute atomic E-state index is 12.2. The van der Waals surface area contributed by atoms with E-state index >= 15 is 0 Å². The molecular formula is C16H12ClN2O3PrS-. The largest absolute Gasteiger partial charge is 0.445 e. The number of hydrogen-bond acceptors (Lipinski definition) is 3. The summed E-state index contributed by atoms with van der Waals surface area (Å²) in [7, 11) is -1.80. The molecule has 0 fully saturated rings. The molecule has 0 aliphatic heterocycles. The summed E-state index contributed by atoms with van der Waals surface area (Å²) in [5.74, 6) is 0. The molecule has 1 aromatic heterocycles. The van der Waals surface area contributed by atoms with Gasteiger partial charge in [-0.15, -0.1) is 11.6 Å². The summed E-state index contributed by atoms with van der Waals surface area (Å²) in [4.78, 5) is 11.9. The summed E-state index contributed by atoms with van der Waals surface area (Å²) in [6.07, 6.45) is 0. The van der Waals surface area contributed by atoms with Crippen molar-refractivity contribution in [1.29, 1.82) is 0 Å². The predicted molar refractivity (Wildman–Crippen MR) is 89.8 cm³/mol. The van der Waals surface area contributed by atoms with Crippen molar-refractivity contribution in [1.82, 2.24) is 4.72 Å². The summed E-state index contributed by atoms with van der Waals surface area (Å²) in [6.45, 7) is 1.79. The third-order valence-corrected chi connectivity index (χ3v) is 4.27. The van der Waals surface area contributed by atoms with Crippen molar-refractivity contribution >= 4 is 45.3 Å². The van der Waals surface area contributed by atoms with Crippen molar-refractivity contribution in [2.45, 2.75) is 12.0 Å². The van der Waals surface area contributed by atoms with Gasteiger partial charge in [0.25, 0.3) is 0 Å². The van der Waals surface area contributed by atoms with Crippen molar-refractivity contribution < 1.29 is 54.7 Å². The Morgan fingerprint density at radius 1 is 1.29 bits per heavy atom. The average Bonchev–Trinajstić information content (AvgIpc) is 2.94. The molecule has 0 saturated heterocycles. The molecule has 0 saturated carbocycles. The first-order valence-corrected chi connectivity index (χ1v) is 8.21. The predicted octanol–water partition coefficient (Wildman–Crippen LogP) is 4.04. The van der Waals surface area contributed by atoms with E-state index in [1.165, 1.54) is 0 Å². The number of anilines is 1. The molecule has 8 heteroatoms. The van der Waals surface area contributed by atoms with Crippen molar-refractivity contribution in [3.63, 3.8) is 0 Å². The van der Waals surface area contributed by atoms with Gasteiger partial charge in [-0.25, -0.2) is 13.7 Å². The van der Waals surface area contributed by atoms with Gasteiger partial charge >= 0.3 is 6.03 Å². The van der Waals surface area contributed by atoms with Gasteiger partial charge in [0.15, 0.2) is 11.0 Å². The van der Waals surface area contributed by atoms with Crippen LogP contribution in [0.5, 0.6) is 0 Å². The molecule has 121 valence electrons. The Hall–Kier alpha value is -0.946. The van der Waals surface area contributed by atoms with Gasteiger partial charge in [0.2, 0.25) is 5.09 Å². The Morgan fingerprint density at radius 3 is 2.75 bits per heavy atom. The first kappa shape index (κ1) is 19.4. The standard InChI is InChI=1S/C16H12ClN2O3S.Pr/c1-10-8-12(17)6-7-13(10)18-16(20)19-23(21)15-9-11-4-2-3-5-14(11)22-15;/h2-6,8-9H,1H3,(H2,18,19,20);/q-1;. The van der Waals surface area contributed by atoms with Crippen LogP contribution in [0.25, 0.3) is 11.0 Å². The van der Waals surface area contributed by atoms with Crippen LogP contribution < -0.4 is 10.0 Å². The van der Waals surface area contributed by atoms with Gasteiger partial charge in [0, 0.05) is 52.7 Å². The molecular weight excluding hydrogens is 477 g/mol. The monoisotopic (exact) mass is 488 g/mol. The van der Waals surface area contributed by atoms with E-state index in [9.17, 15) is 9.00 Å². The van der Waals surface area contributed by atoms with Gasteiger partial charge in [-0.3, -0.25) is 0 Å². The summed E-state index contributed by atoms with van der Waals surface area (Å²) < 4.78 is 19.9. The molecule has 3 aromatic rings. The van der Waals surface area contributed by atoms with E-state index in [2.05, 4.69) is 16.1 Å². The number of carbonyl (C=O) groups excluding carboxylic acids is 1. The number of halogens is 1. The smallest absolute Gasteiger partial charge is 0.329 e. The van der Waals surface area contributed by atoms with Gasteiger partial charge in [-0.2, -0.15) is 23.7 Å². The summed E-state index contributed by atoms with van der Waals surface area (Å²) >= 11 is 5.84. The molecule has 0 spiro atoms. The number of benzene rings is 2. The van der Waals surface area contributed by atoms with Gasteiger partial charge in [-0.1, -0.05) is 35.8 Å². The van der Waals surface area contributed by atoms with Gasteiger partial charge in [0.05, 0.1) is 0 Å². The van der Waals surface area contributed by atoms with E-state index in [-0.39, 0.29) is 46.4 Å². The molecule has 24 heavy (non-hydrogen) atoms. The minimum Gasteiger partial charge on any atom is -0.445 e. The fourth-order valence-electron chi connectivity index (χ4n) is 2.03. The molecule has 0 bridgehead atoms. The van der Waals surface area contributed by atoms with E-state index in [0.29, 0.717) is 16.3 Å². The quantitative estimate of drug-likeness (QED) is 0.547. The number of furan rings is 1. The van der Waals surface area contributed by atoms with Crippen LogP contribution in [0.3, 0.4) is 0 Å². The molecule has 2 N–H and O–H groups in total. The molecule has 1 atom stereocenters. The van der Waals surface area contributed by atoms with Gasteiger partial charge < -0.3 is 9.73 Å². The zero-order chi connectivity index (χ0) is 16.4. The molecule has 3 rings (SSSR count). The number of aryl methyl sites for hydroxylation is 1. The van der Waals surface area contributed by atoms with Gasteiger partial charge in [0.1, 0.15) is 5.58 Å². The maximum atomic E-state index is 12.2. The Balaban J connectivity index is 0.00000208. The fourth-order valence-corrected chi connectivity index (χ4v) is 2.97. The topological polar surface area (TPSA) is 71.3 Å². The van der Waals surface area contributed by atoms with Crippen LogP contribution in [-0.4, -0.2) is 10.2 Å². The van der Waals surface area contributed by atoms with Crippen LogP contribution in [0.4, 0.5) is 10.5 Å². The van der Waals surface area contributed by atoms with Crippen LogP contribution in [0.2, 0.25) is 5.02 Å². The molecule has 1 unspecified atom stereocenters. The second kappa shape index (κ2) is 8.43. The number of fused-ring (bicyclic) bond motifs is 1. The van der Waals surface area contributed by atoms with E-state index in [1.54, 1.807) is 31.2 Å². The Kier molecular flexibility index (Phi) is 6.81. The van der Waals surface area contributed by atoms with Crippen molar-refractivity contribution in [3.05, 3.63) is 59.1 Å². The van der Waals surface area contributed by atoms with Crippen molar-refractivity contribution in [2.24, 2.45) is 0 Å². The Morgan fingerprint density at radius 2 is 2.04 bits per heavy atom. The van der Waals surface area contributed by atoms with E-state index in [1.807, 2.05) is 18.2 Å². The second-order valence-corrected chi connectivity index (χ2v) is 6.38. The number of urea groups is 1. The molecule has 1 heterocycles. The normalized spacial score (nSPS) is 11.6. The molecule has 5 nitrogen and oxygen atoms in total. The SMILES string of the molecule is Cc1cc(Cl)c[c-]c1NC(=O)NS(=O)c1cc2ccccc2o1.[Pr]. The van der Waals surface area contributed by atoms with Gasteiger partial charge in [-0.05, 0) is 6.07 Å². The molecule has 1 radical (unpaired) electrons. The van der Waals surface area contributed by atoms with E-state index in [4.69, 9.17) is 16.0 Å². The first-order chi connectivity index (χ1) is 11.0. The third-order valence-electron chi connectivity index (χ3n) is 3.11. The van der Waals surface area contributed by atoms with Crippen LogP contribution in [0, 0.1) is 54.3 Å². The number of rotatable bonds is 3. The summed E-state index contributed by atoms with van der Waals surface area (Å²) in [5, 5.41) is 4.10. The number of hydrogen-bond donors (Lipinski definition) is 2. The number of carbonyl (C=O) groups is 1. The maximum Gasteiger partial charge on any atom is 0.329 e. The minimum absolute atomic E-state index is 0. The number of amides is 2. The number of nitrogens with one attached hydrogen (secondary N) is 2. The second-order valence-electron chi connectivity index (χ2n) is 4.80. The zero-order valence-electron chi connectivity index (χ0n) is 12.6. The molecule has 2 aromatic carbocycles. The van der Waals surface area contributed by atoms with Crippen molar-refractivity contribution in [2.75, 3.05) is 5.32 Å². The average molecular weight is 489 g/mol. The van der Waals surface area contributed by atoms with Crippen LogP contribution in [-0.2, 0) is 11.0 Å². The minimum atomic E-state index is -1.80. The number of para-hydroxylation sites is 1. The summed E-state index contributed by atoms with van der Waals surface area (Å²) in [6, 6.07) is 14.4. The van der Waals surface area contributed by atoms with Crippen molar-refractivity contribution in [3.8, 4) is 0 Å². The van der Waals surface area contributed by atoms with E-state index in [0.717, 1.165) is 10.9 Å². The molecule has 0 aliphatic rings. The Labute approximate surface area is 179 Å².